The van der Waals surface area contributed by atoms with Crippen molar-refractivity contribution in [1.82, 2.24) is 10.2 Å². The van der Waals surface area contributed by atoms with E-state index in [9.17, 15) is 14.0 Å². The van der Waals surface area contributed by atoms with Gasteiger partial charge in [0.25, 0.3) is 5.91 Å². The average molecular weight is 435 g/mol. The minimum absolute atomic E-state index is 0.254. The van der Waals surface area contributed by atoms with Gasteiger partial charge in [-0.2, -0.15) is 0 Å². The van der Waals surface area contributed by atoms with E-state index in [2.05, 4.69) is 5.32 Å². The Hall–Kier alpha value is -3.67. The number of halogens is 1. The summed E-state index contributed by atoms with van der Waals surface area (Å²) in [5.41, 5.74) is 2.97. The monoisotopic (exact) mass is 434 g/mol. The van der Waals surface area contributed by atoms with Gasteiger partial charge in [0.05, 0.1) is 0 Å². The minimum atomic E-state index is -0.715. The lowest BCUT2D eigenvalue weighted by atomic mass is 10.0. The molecule has 2 amide bonds. The highest BCUT2D eigenvalue weighted by Gasteiger charge is 2.30. The third-order valence-corrected chi connectivity index (χ3v) is 5.17. The summed E-state index contributed by atoms with van der Waals surface area (Å²) in [5.74, 6) is -0.586. The predicted octanol–water partition coefficient (Wildman–Crippen LogP) is 3.90. The topological polar surface area (TPSA) is 58.6 Å². The first-order valence-corrected chi connectivity index (χ1v) is 10.4. The molecule has 1 N–H and O–H groups in total. The van der Waals surface area contributed by atoms with Gasteiger partial charge in [0.15, 0.2) is 6.61 Å². The second kappa shape index (κ2) is 11.1. The molecule has 0 aliphatic rings. The van der Waals surface area contributed by atoms with Gasteiger partial charge in [0.2, 0.25) is 5.91 Å². The number of rotatable bonds is 9. The van der Waals surface area contributed by atoms with Crippen LogP contribution in [-0.4, -0.2) is 36.4 Å². The van der Waals surface area contributed by atoms with E-state index in [1.54, 1.807) is 11.9 Å². The zero-order chi connectivity index (χ0) is 22.9. The molecule has 6 heteroatoms. The molecule has 1 atom stereocenters. The van der Waals surface area contributed by atoms with E-state index in [4.69, 9.17) is 4.74 Å². The van der Waals surface area contributed by atoms with Crippen molar-refractivity contribution in [2.45, 2.75) is 25.9 Å². The molecule has 3 aromatic carbocycles. The Morgan fingerprint density at radius 3 is 2.22 bits per heavy atom. The maximum Gasteiger partial charge on any atom is 0.261 e. The van der Waals surface area contributed by atoms with Crippen LogP contribution in [0, 0.1) is 12.7 Å². The molecule has 0 heterocycles. The fraction of sp³-hybridized carbons (Fsp3) is 0.231. The molecule has 0 aliphatic carbocycles. The fourth-order valence-corrected chi connectivity index (χ4v) is 3.37. The summed E-state index contributed by atoms with van der Waals surface area (Å²) in [4.78, 5) is 27.6. The van der Waals surface area contributed by atoms with Crippen molar-refractivity contribution >= 4 is 11.8 Å². The van der Waals surface area contributed by atoms with Crippen LogP contribution in [-0.2, 0) is 22.6 Å². The number of hydrogen-bond donors (Lipinski definition) is 1. The third-order valence-electron chi connectivity index (χ3n) is 5.17. The van der Waals surface area contributed by atoms with Crippen molar-refractivity contribution in [2.75, 3.05) is 13.7 Å². The Kier molecular flexibility index (Phi) is 7.97. The summed E-state index contributed by atoms with van der Waals surface area (Å²) < 4.78 is 18.7. The van der Waals surface area contributed by atoms with E-state index < -0.39 is 6.04 Å². The van der Waals surface area contributed by atoms with Gasteiger partial charge in [-0.15, -0.1) is 0 Å². The molecule has 0 bridgehead atoms. The molecule has 32 heavy (non-hydrogen) atoms. The largest absolute Gasteiger partial charge is 0.484 e. The smallest absolute Gasteiger partial charge is 0.261 e. The van der Waals surface area contributed by atoms with Crippen LogP contribution in [0.15, 0.2) is 78.9 Å². The molecule has 0 spiro atoms. The lowest BCUT2D eigenvalue weighted by Gasteiger charge is -2.31. The van der Waals surface area contributed by atoms with Crippen LogP contribution in [0.3, 0.4) is 0 Å². The molecule has 0 aliphatic heterocycles. The van der Waals surface area contributed by atoms with Crippen molar-refractivity contribution in [3.63, 3.8) is 0 Å². The number of nitrogens with one attached hydrogen (secondary N) is 1. The normalized spacial score (nSPS) is 11.5. The summed E-state index contributed by atoms with van der Waals surface area (Å²) in [5, 5.41) is 2.68. The van der Waals surface area contributed by atoms with Gasteiger partial charge < -0.3 is 15.0 Å². The van der Waals surface area contributed by atoms with Gasteiger partial charge in [0, 0.05) is 20.0 Å². The Morgan fingerprint density at radius 1 is 0.938 bits per heavy atom. The van der Waals surface area contributed by atoms with Crippen LogP contribution in [0.2, 0.25) is 0 Å². The Morgan fingerprint density at radius 2 is 1.59 bits per heavy atom. The second-order valence-corrected chi connectivity index (χ2v) is 7.57. The fourth-order valence-electron chi connectivity index (χ4n) is 3.37. The van der Waals surface area contributed by atoms with Crippen molar-refractivity contribution in [1.29, 1.82) is 0 Å². The molecule has 0 saturated heterocycles. The maximum atomic E-state index is 13.3. The second-order valence-electron chi connectivity index (χ2n) is 7.57. The van der Waals surface area contributed by atoms with Crippen LogP contribution in [0.25, 0.3) is 0 Å². The van der Waals surface area contributed by atoms with E-state index in [1.807, 2.05) is 61.5 Å². The number of likely N-dealkylation sites (N-methyl/N-ethyl adjacent to an activating group) is 1. The van der Waals surface area contributed by atoms with Gasteiger partial charge in [0.1, 0.15) is 17.6 Å². The molecule has 166 valence electrons. The van der Waals surface area contributed by atoms with E-state index in [1.165, 1.54) is 24.3 Å². The van der Waals surface area contributed by atoms with E-state index in [0.717, 1.165) is 16.7 Å². The van der Waals surface area contributed by atoms with Crippen LogP contribution in [0.1, 0.15) is 16.7 Å². The lowest BCUT2D eigenvalue weighted by Crippen LogP contribution is -2.51. The number of ether oxygens (including phenoxy) is 1. The van der Waals surface area contributed by atoms with Crippen LogP contribution < -0.4 is 10.1 Å². The number of carbonyl (C=O) groups excluding carboxylic acids is 2. The average Bonchev–Trinajstić information content (AvgIpc) is 2.82. The molecule has 3 rings (SSSR count). The molecule has 0 fully saturated rings. The molecule has 0 unspecified atom stereocenters. The Bertz CT molecular complexity index is 1020. The van der Waals surface area contributed by atoms with E-state index in [-0.39, 0.29) is 30.8 Å². The maximum absolute atomic E-state index is 13.3. The number of benzene rings is 3. The number of amides is 2. The summed E-state index contributed by atoms with van der Waals surface area (Å²) in [6.07, 6.45) is 0.370. The Balaban J connectivity index is 1.85. The molecule has 0 radical (unpaired) electrons. The summed E-state index contributed by atoms with van der Waals surface area (Å²) in [6.45, 7) is 1.99. The molecule has 3 aromatic rings. The summed E-state index contributed by atoms with van der Waals surface area (Å²) in [7, 11) is 1.56. The molecule has 0 saturated carbocycles. The third kappa shape index (κ3) is 6.41. The number of hydrogen-bond acceptors (Lipinski definition) is 3. The number of carbonyl (C=O) groups is 2. The number of aryl methyl sites for hydroxylation is 1. The summed E-state index contributed by atoms with van der Waals surface area (Å²) in [6, 6.07) is 22.2. The van der Waals surface area contributed by atoms with Gasteiger partial charge >= 0.3 is 0 Å². The van der Waals surface area contributed by atoms with Gasteiger partial charge in [-0.05, 0) is 42.3 Å². The van der Waals surface area contributed by atoms with Crippen molar-refractivity contribution in [3.05, 3.63) is 101 Å². The first-order chi connectivity index (χ1) is 15.5. The van der Waals surface area contributed by atoms with E-state index >= 15 is 0 Å². The highest BCUT2D eigenvalue weighted by molar-refractivity contribution is 5.88. The first kappa shape index (κ1) is 23.0. The van der Waals surface area contributed by atoms with E-state index in [0.29, 0.717) is 12.2 Å². The van der Waals surface area contributed by atoms with Crippen molar-refractivity contribution in [2.24, 2.45) is 0 Å². The first-order valence-electron chi connectivity index (χ1n) is 10.4. The molecular formula is C26H27FN2O3. The van der Waals surface area contributed by atoms with Crippen LogP contribution >= 0.6 is 0 Å². The summed E-state index contributed by atoms with van der Waals surface area (Å²) >= 11 is 0. The minimum Gasteiger partial charge on any atom is -0.484 e. The van der Waals surface area contributed by atoms with Crippen LogP contribution in [0.5, 0.6) is 5.75 Å². The molecule has 0 aromatic heterocycles. The van der Waals surface area contributed by atoms with Gasteiger partial charge in [-0.25, -0.2) is 4.39 Å². The standard InChI is InChI=1S/C26H27FN2O3/c1-19-8-10-21(11-9-19)17-29(25(30)18-32-23-14-12-22(27)13-15-23)24(26(31)28-2)16-20-6-4-3-5-7-20/h3-15,24H,16-18H2,1-2H3,(H,28,31)/t24-/m1/s1. The molecular weight excluding hydrogens is 407 g/mol. The van der Waals surface area contributed by atoms with Crippen molar-refractivity contribution in [3.8, 4) is 5.75 Å². The van der Waals surface area contributed by atoms with Crippen LogP contribution in [0.4, 0.5) is 4.39 Å². The lowest BCUT2D eigenvalue weighted by molar-refractivity contribution is -0.142. The van der Waals surface area contributed by atoms with Gasteiger partial charge in [-0.3, -0.25) is 9.59 Å². The molecule has 5 nitrogen and oxygen atoms in total. The SMILES string of the molecule is CNC(=O)[C@@H](Cc1ccccc1)N(Cc1ccc(C)cc1)C(=O)COc1ccc(F)cc1. The van der Waals surface area contributed by atoms with Gasteiger partial charge in [-0.1, -0.05) is 60.2 Å². The Labute approximate surface area is 187 Å². The predicted molar refractivity (Wildman–Crippen MR) is 122 cm³/mol. The quantitative estimate of drug-likeness (QED) is 0.556. The zero-order valence-corrected chi connectivity index (χ0v) is 18.3. The zero-order valence-electron chi connectivity index (χ0n) is 18.3. The highest BCUT2D eigenvalue weighted by atomic mass is 19.1. The van der Waals surface area contributed by atoms with Crippen molar-refractivity contribution < 1.29 is 18.7 Å². The highest BCUT2D eigenvalue weighted by Crippen LogP contribution is 2.17. The number of nitrogens with zero attached hydrogens (tertiary/aromatic N) is 1.